The van der Waals surface area contributed by atoms with Gasteiger partial charge in [0.1, 0.15) is 0 Å². The summed E-state index contributed by atoms with van der Waals surface area (Å²) in [4.78, 5) is 0. The van der Waals surface area contributed by atoms with Crippen LogP contribution in [0.2, 0.25) is 0 Å². The number of aryl methyl sites for hydroxylation is 1. The first-order valence-electron chi connectivity index (χ1n) is 5.89. The van der Waals surface area contributed by atoms with Crippen molar-refractivity contribution in [3.05, 3.63) is 58.7 Å². The molecule has 19 heavy (non-hydrogen) atoms. The lowest BCUT2D eigenvalue weighted by Crippen LogP contribution is -2.05. The van der Waals surface area contributed by atoms with Crippen LogP contribution in [0.15, 0.2) is 24.3 Å². The maximum atomic E-state index is 13.9. The molecule has 0 N–H and O–H groups in total. The normalized spacial score (nSPS) is 10.8. The van der Waals surface area contributed by atoms with Crippen LogP contribution in [0.1, 0.15) is 18.1 Å². The molecule has 0 aliphatic heterocycles. The monoisotopic (exact) mass is 268 g/mol. The predicted octanol–water partition coefficient (Wildman–Crippen LogP) is 4.78. The summed E-state index contributed by atoms with van der Waals surface area (Å²) in [5, 5.41) is 0. The van der Waals surface area contributed by atoms with Gasteiger partial charge in [0.05, 0.1) is 5.56 Å². The number of halogens is 4. The molecule has 0 aromatic heterocycles. The van der Waals surface area contributed by atoms with Gasteiger partial charge in [0.2, 0.25) is 0 Å². The summed E-state index contributed by atoms with van der Waals surface area (Å²) in [5.74, 6) is -5.34. The number of hydrogen-bond donors (Lipinski definition) is 0. The van der Waals surface area contributed by atoms with Gasteiger partial charge < -0.3 is 0 Å². The fourth-order valence-electron chi connectivity index (χ4n) is 1.96. The molecule has 0 fully saturated rings. The molecule has 0 aliphatic carbocycles. The van der Waals surface area contributed by atoms with Gasteiger partial charge in [-0.2, -0.15) is 0 Å². The van der Waals surface area contributed by atoms with Gasteiger partial charge in [-0.25, -0.2) is 17.6 Å². The molecular formula is C15H12F4. The Kier molecular flexibility index (Phi) is 3.60. The SMILES string of the molecule is CCc1c(F)c(F)c(-c2ccc(C)cc2)c(F)c1F. The highest BCUT2D eigenvalue weighted by molar-refractivity contribution is 5.66. The molecule has 0 aliphatic rings. The molecule has 0 saturated heterocycles. The largest absolute Gasteiger partial charge is 0.203 e. The van der Waals surface area contributed by atoms with E-state index in [0.29, 0.717) is 0 Å². The van der Waals surface area contributed by atoms with Gasteiger partial charge in [-0.1, -0.05) is 36.8 Å². The van der Waals surface area contributed by atoms with Crippen molar-refractivity contribution in [2.45, 2.75) is 20.3 Å². The first-order chi connectivity index (χ1) is 8.97. The van der Waals surface area contributed by atoms with Crippen LogP contribution >= 0.6 is 0 Å². The van der Waals surface area contributed by atoms with E-state index in [1.54, 1.807) is 19.1 Å². The van der Waals surface area contributed by atoms with Crippen molar-refractivity contribution in [1.82, 2.24) is 0 Å². The molecule has 0 atom stereocenters. The second-order valence-electron chi connectivity index (χ2n) is 4.33. The highest BCUT2D eigenvalue weighted by atomic mass is 19.2. The summed E-state index contributed by atoms with van der Waals surface area (Å²) in [7, 11) is 0. The van der Waals surface area contributed by atoms with Crippen molar-refractivity contribution in [2.75, 3.05) is 0 Å². The third-order valence-electron chi connectivity index (χ3n) is 3.05. The van der Waals surface area contributed by atoms with Crippen LogP contribution in [0.5, 0.6) is 0 Å². The van der Waals surface area contributed by atoms with Crippen molar-refractivity contribution in [3.8, 4) is 11.1 Å². The first kappa shape index (κ1) is 13.6. The minimum atomic E-state index is -1.35. The van der Waals surface area contributed by atoms with Gasteiger partial charge in [0.15, 0.2) is 23.3 Å². The lowest BCUT2D eigenvalue weighted by atomic mass is 9.99. The van der Waals surface area contributed by atoms with Crippen LogP contribution < -0.4 is 0 Å². The maximum Gasteiger partial charge on any atom is 0.170 e. The maximum absolute atomic E-state index is 13.9. The zero-order valence-corrected chi connectivity index (χ0v) is 10.5. The molecule has 2 aromatic rings. The molecular weight excluding hydrogens is 256 g/mol. The molecule has 0 amide bonds. The molecule has 100 valence electrons. The van der Waals surface area contributed by atoms with Gasteiger partial charge in [0.25, 0.3) is 0 Å². The molecule has 0 bridgehead atoms. The summed E-state index contributed by atoms with van der Waals surface area (Å²) >= 11 is 0. The van der Waals surface area contributed by atoms with E-state index in [-0.39, 0.29) is 12.0 Å². The summed E-state index contributed by atoms with van der Waals surface area (Å²) in [6.07, 6.45) is -0.111. The summed E-state index contributed by atoms with van der Waals surface area (Å²) in [6, 6.07) is 6.11. The molecule has 2 aromatic carbocycles. The van der Waals surface area contributed by atoms with E-state index in [1.807, 2.05) is 0 Å². The van der Waals surface area contributed by atoms with Crippen molar-refractivity contribution in [3.63, 3.8) is 0 Å². The van der Waals surface area contributed by atoms with Crippen LogP contribution in [0.4, 0.5) is 17.6 Å². The van der Waals surface area contributed by atoms with Gasteiger partial charge in [0, 0.05) is 5.56 Å². The average Bonchev–Trinajstić information content (AvgIpc) is 2.40. The van der Waals surface area contributed by atoms with E-state index in [9.17, 15) is 17.6 Å². The van der Waals surface area contributed by atoms with E-state index < -0.39 is 34.4 Å². The molecule has 0 spiro atoms. The van der Waals surface area contributed by atoms with E-state index in [1.165, 1.54) is 19.1 Å². The van der Waals surface area contributed by atoms with Crippen molar-refractivity contribution in [1.29, 1.82) is 0 Å². The van der Waals surface area contributed by atoms with Gasteiger partial charge in [-0.05, 0) is 18.9 Å². The highest BCUT2D eigenvalue weighted by Crippen LogP contribution is 2.32. The summed E-state index contributed by atoms with van der Waals surface area (Å²) < 4.78 is 55.2. The van der Waals surface area contributed by atoms with Crippen LogP contribution in [0.3, 0.4) is 0 Å². The van der Waals surface area contributed by atoms with Crippen LogP contribution in [-0.4, -0.2) is 0 Å². The molecule has 0 saturated carbocycles. The van der Waals surface area contributed by atoms with Gasteiger partial charge >= 0.3 is 0 Å². The van der Waals surface area contributed by atoms with E-state index in [0.717, 1.165) is 5.56 Å². The fourth-order valence-corrected chi connectivity index (χ4v) is 1.96. The Morgan fingerprint density at radius 3 is 1.68 bits per heavy atom. The van der Waals surface area contributed by atoms with E-state index in [4.69, 9.17) is 0 Å². The van der Waals surface area contributed by atoms with Gasteiger partial charge in [-0.3, -0.25) is 0 Å². The third kappa shape index (κ3) is 2.23. The lowest BCUT2D eigenvalue weighted by Gasteiger charge is -2.11. The quantitative estimate of drug-likeness (QED) is 0.543. The second-order valence-corrected chi connectivity index (χ2v) is 4.33. The van der Waals surface area contributed by atoms with Crippen molar-refractivity contribution < 1.29 is 17.6 Å². The number of rotatable bonds is 2. The van der Waals surface area contributed by atoms with Gasteiger partial charge in [-0.15, -0.1) is 0 Å². The molecule has 0 nitrogen and oxygen atoms in total. The summed E-state index contributed by atoms with van der Waals surface area (Å²) in [6.45, 7) is 3.24. The summed E-state index contributed by atoms with van der Waals surface area (Å²) in [5.41, 5.74) is -0.227. The number of hydrogen-bond acceptors (Lipinski definition) is 0. The van der Waals surface area contributed by atoms with Crippen LogP contribution in [-0.2, 0) is 6.42 Å². The lowest BCUT2D eigenvalue weighted by molar-refractivity contribution is 0.444. The molecule has 0 radical (unpaired) electrons. The Balaban J connectivity index is 2.74. The Labute approximate surface area is 108 Å². The molecule has 0 heterocycles. The smallest absolute Gasteiger partial charge is 0.170 e. The van der Waals surface area contributed by atoms with Crippen molar-refractivity contribution >= 4 is 0 Å². The molecule has 4 heteroatoms. The Bertz CT molecular complexity index is 586. The Morgan fingerprint density at radius 2 is 1.26 bits per heavy atom. The van der Waals surface area contributed by atoms with Crippen LogP contribution in [0, 0.1) is 30.2 Å². The number of benzene rings is 2. The minimum Gasteiger partial charge on any atom is -0.203 e. The predicted molar refractivity (Wildman–Crippen MR) is 65.8 cm³/mol. The van der Waals surface area contributed by atoms with Crippen LogP contribution in [0.25, 0.3) is 11.1 Å². The zero-order valence-electron chi connectivity index (χ0n) is 10.5. The van der Waals surface area contributed by atoms with Crippen molar-refractivity contribution in [2.24, 2.45) is 0 Å². The molecule has 2 rings (SSSR count). The highest BCUT2D eigenvalue weighted by Gasteiger charge is 2.25. The topological polar surface area (TPSA) is 0 Å². The average molecular weight is 268 g/mol. The molecule has 0 unspecified atom stereocenters. The second kappa shape index (κ2) is 5.03. The Hall–Kier alpha value is -1.84. The van der Waals surface area contributed by atoms with E-state index >= 15 is 0 Å². The minimum absolute atomic E-state index is 0.111. The fraction of sp³-hybridized carbons (Fsp3) is 0.200. The standard InChI is InChI=1S/C15H12F4/c1-3-10-12(16)14(18)11(15(19)13(10)17)9-6-4-8(2)5-7-9/h4-7H,3H2,1-2H3. The Morgan fingerprint density at radius 1 is 0.789 bits per heavy atom. The first-order valence-corrected chi connectivity index (χ1v) is 5.89. The van der Waals surface area contributed by atoms with E-state index in [2.05, 4.69) is 0 Å². The third-order valence-corrected chi connectivity index (χ3v) is 3.05. The zero-order chi connectivity index (χ0) is 14.2.